The van der Waals surface area contributed by atoms with E-state index in [1.807, 2.05) is 0 Å². The lowest BCUT2D eigenvalue weighted by Crippen LogP contribution is -1.88. The zero-order chi connectivity index (χ0) is 7.40. The molecule has 0 amide bonds. The molecule has 3 nitrogen and oxygen atoms in total. The second-order valence-electron chi connectivity index (χ2n) is 1.64. The average molecular weight is 133 g/mol. The van der Waals surface area contributed by atoms with Gasteiger partial charge in [-0.15, -0.1) is 0 Å². The summed E-state index contributed by atoms with van der Waals surface area (Å²) in [5.74, 6) is 0. The summed E-state index contributed by atoms with van der Waals surface area (Å²) in [7, 11) is 0. The fraction of sp³-hybridized carbons (Fsp3) is 0. The van der Waals surface area contributed by atoms with E-state index in [9.17, 15) is 9.59 Å². The Kier molecular flexibility index (Phi) is 1.89. The third-order valence-electron chi connectivity index (χ3n) is 0.986. The highest BCUT2D eigenvalue weighted by Gasteiger charge is 1.92. The molecule has 48 valence electrons. The maximum absolute atomic E-state index is 9.94. The minimum Gasteiger partial charge on any atom is -0.285 e. The summed E-state index contributed by atoms with van der Waals surface area (Å²) in [6.07, 6.45) is 4.49. The number of nitrogens with zero attached hydrogens (tertiary/aromatic N) is 1. The maximum Gasteiger partial charge on any atom is 0.253 e. The van der Waals surface area contributed by atoms with Crippen LogP contribution < -0.4 is 0 Å². The van der Waals surface area contributed by atoms with Crippen molar-refractivity contribution >= 4 is 12.6 Å². The first-order chi connectivity index (χ1) is 4.86. The molecule has 0 unspecified atom stereocenters. The van der Waals surface area contributed by atoms with Crippen molar-refractivity contribution in [3.05, 3.63) is 29.6 Å². The van der Waals surface area contributed by atoms with Gasteiger partial charge in [-0.05, 0) is 12.1 Å². The summed E-state index contributed by atoms with van der Waals surface area (Å²) in [6.45, 7) is 0. The molecule has 1 aromatic rings. The van der Waals surface area contributed by atoms with Crippen LogP contribution in [-0.4, -0.2) is 17.6 Å². The molecule has 0 saturated carbocycles. The highest BCUT2D eigenvalue weighted by Crippen LogP contribution is 1.93. The highest BCUT2D eigenvalue weighted by atomic mass is 16.1. The van der Waals surface area contributed by atoms with Crippen molar-refractivity contribution < 1.29 is 9.59 Å². The molecule has 0 aliphatic heterocycles. The molecule has 1 aromatic heterocycles. The second kappa shape index (κ2) is 2.87. The van der Waals surface area contributed by atoms with Gasteiger partial charge in [0.05, 0.1) is 0 Å². The summed E-state index contributed by atoms with van der Waals surface area (Å²) in [6, 6.07) is 2.87. The van der Waals surface area contributed by atoms with Crippen LogP contribution in [0.5, 0.6) is 0 Å². The smallest absolute Gasteiger partial charge is 0.253 e. The van der Waals surface area contributed by atoms with E-state index in [2.05, 4.69) is 4.98 Å². The predicted octanol–water partition coefficient (Wildman–Crippen LogP) is -0.00280. The quantitative estimate of drug-likeness (QED) is 0.570. The zero-order valence-electron chi connectivity index (χ0n) is 5.00. The van der Waals surface area contributed by atoms with Gasteiger partial charge in [0.1, 0.15) is 5.69 Å². The van der Waals surface area contributed by atoms with Crippen LogP contribution in [0.25, 0.3) is 0 Å². The first-order valence-electron chi connectivity index (χ1n) is 2.59. The van der Waals surface area contributed by atoms with E-state index < -0.39 is 0 Å². The van der Waals surface area contributed by atoms with Crippen LogP contribution in [0.3, 0.4) is 0 Å². The van der Waals surface area contributed by atoms with Crippen molar-refractivity contribution in [3.8, 4) is 0 Å². The molecule has 1 rings (SSSR count). The molecule has 3 heteroatoms. The van der Waals surface area contributed by atoms with Gasteiger partial charge in [-0.3, -0.25) is 14.6 Å². The number of hydrogen-bond donors (Lipinski definition) is 0. The Morgan fingerprint density at radius 3 is 2.40 bits per heavy atom. The van der Waals surface area contributed by atoms with Crippen molar-refractivity contribution in [1.29, 1.82) is 0 Å². The lowest BCUT2D eigenvalue weighted by Gasteiger charge is -1.86. The van der Waals surface area contributed by atoms with Crippen molar-refractivity contribution in [1.82, 2.24) is 4.98 Å². The molecule has 0 bridgehead atoms. The normalized spacial score (nSPS) is 8.80. The lowest BCUT2D eigenvalue weighted by atomic mass is 10.3. The van der Waals surface area contributed by atoms with Crippen LogP contribution >= 0.6 is 0 Å². The van der Waals surface area contributed by atoms with E-state index in [1.165, 1.54) is 18.3 Å². The van der Waals surface area contributed by atoms with Crippen LogP contribution in [0.15, 0.2) is 18.3 Å². The number of aromatic nitrogens is 1. The van der Waals surface area contributed by atoms with Gasteiger partial charge in [0.15, 0.2) is 0 Å². The SMILES string of the molecule is O=[C]c1ccc([C]=O)nc1. The standard InChI is InChI=1S/C7H3NO2/c9-4-6-1-2-7(5-10)8-3-6/h1-3H. The molecule has 0 atom stereocenters. The van der Waals surface area contributed by atoms with E-state index in [4.69, 9.17) is 0 Å². The van der Waals surface area contributed by atoms with Gasteiger partial charge in [-0.1, -0.05) is 0 Å². The molecule has 2 radical (unpaired) electrons. The molecule has 0 fully saturated rings. The molecular weight excluding hydrogens is 130 g/mol. The van der Waals surface area contributed by atoms with E-state index in [-0.39, 0.29) is 5.69 Å². The van der Waals surface area contributed by atoms with E-state index in [0.717, 1.165) is 0 Å². The van der Waals surface area contributed by atoms with Gasteiger partial charge in [0.25, 0.3) is 6.29 Å². The van der Waals surface area contributed by atoms with Crippen LogP contribution in [0, 0.1) is 0 Å². The Morgan fingerprint density at radius 1 is 1.20 bits per heavy atom. The van der Waals surface area contributed by atoms with Crippen LogP contribution in [0.4, 0.5) is 0 Å². The molecule has 0 saturated heterocycles. The number of hydrogen-bond acceptors (Lipinski definition) is 3. The van der Waals surface area contributed by atoms with Gasteiger partial charge in [-0.2, -0.15) is 0 Å². The summed E-state index contributed by atoms with van der Waals surface area (Å²) in [5, 5.41) is 0. The van der Waals surface area contributed by atoms with Gasteiger partial charge < -0.3 is 0 Å². The third-order valence-corrected chi connectivity index (χ3v) is 0.986. The molecule has 0 aliphatic rings. The first-order valence-corrected chi connectivity index (χ1v) is 2.59. The molecule has 0 spiro atoms. The van der Waals surface area contributed by atoms with Gasteiger partial charge in [0, 0.05) is 11.8 Å². The highest BCUT2D eigenvalue weighted by molar-refractivity contribution is 5.77. The van der Waals surface area contributed by atoms with Gasteiger partial charge >= 0.3 is 0 Å². The van der Waals surface area contributed by atoms with E-state index in [0.29, 0.717) is 5.56 Å². The number of rotatable bonds is 2. The summed E-state index contributed by atoms with van der Waals surface area (Å²) >= 11 is 0. The molecule has 0 aliphatic carbocycles. The van der Waals surface area contributed by atoms with Crippen molar-refractivity contribution in [3.63, 3.8) is 0 Å². The Labute approximate surface area is 57.7 Å². The van der Waals surface area contributed by atoms with Gasteiger partial charge in [-0.25, -0.2) is 0 Å². The first kappa shape index (κ1) is 6.61. The fourth-order valence-electron chi connectivity index (χ4n) is 0.515. The fourth-order valence-corrected chi connectivity index (χ4v) is 0.515. The summed E-state index contributed by atoms with van der Waals surface area (Å²) in [5.41, 5.74) is 0.526. The molecule has 1 heterocycles. The van der Waals surface area contributed by atoms with Crippen molar-refractivity contribution in [2.45, 2.75) is 0 Å². The lowest BCUT2D eigenvalue weighted by molar-refractivity contribution is 0.560. The molecule has 0 aromatic carbocycles. The molecule has 0 N–H and O–H groups in total. The predicted molar refractivity (Wildman–Crippen MR) is 33.8 cm³/mol. The Balaban J connectivity index is 3.00. The number of pyridine rings is 1. The zero-order valence-corrected chi connectivity index (χ0v) is 5.00. The Morgan fingerprint density at radius 2 is 2.00 bits per heavy atom. The maximum atomic E-state index is 9.94. The van der Waals surface area contributed by atoms with Crippen LogP contribution in [-0.2, 0) is 9.59 Å². The summed E-state index contributed by atoms with van der Waals surface area (Å²) < 4.78 is 0. The third kappa shape index (κ3) is 1.25. The van der Waals surface area contributed by atoms with Crippen molar-refractivity contribution in [2.75, 3.05) is 0 Å². The number of carbonyl (C=O) groups excluding carboxylic acids is 2. The average Bonchev–Trinajstić information content (AvgIpc) is 2.05. The van der Waals surface area contributed by atoms with E-state index in [1.54, 1.807) is 12.6 Å². The van der Waals surface area contributed by atoms with Gasteiger partial charge in [0.2, 0.25) is 6.29 Å². The topological polar surface area (TPSA) is 47.0 Å². The molecule has 10 heavy (non-hydrogen) atoms. The second-order valence-corrected chi connectivity index (χ2v) is 1.64. The monoisotopic (exact) mass is 133 g/mol. The molecular formula is C7H3NO2. The Hall–Kier alpha value is -1.51. The van der Waals surface area contributed by atoms with Crippen LogP contribution in [0.2, 0.25) is 0 Å². The minimum absolute atomic E-state index is 0.194. The summed E-state index contributed by atoms with van der Waals surface area (Å²) in [4.78, 5) is 23.4. The minimum atomic E-state index is 0.194. The van der Waals surface area contributed by atoms with Crippen molar-refractivity contribution in [2.24, 2.45) is 0 Å². The van der Waals surface area contributed by atoms with Crippen LogP contribution in [0.1, 0.15) is 11.3 Å². The Bertz CT molecular complexity index is 213. The largest absolute Gasteiger partial charge is 0.285 e. The van der Waals surface area contributed by atoms with E-state index >= 15 is 0 Å².